The fourth-order valence-corrected chi connectivity index (χ4v) is 10.3. The number of carbonyl (C=O) groups excluding carboxylic acids is 2. The largest absolute Gasteiger partial charge is 0.455 e. The molecule has 5 aliphatic rings. The van der Waals surface area contributed by atoms with Crippen molar-refractivity contribution >= 4 is 11.8 Å². The Kier molecular flexibility index (Phi) is 5.57. The van der Waals surface area contributed by atoms with Crippen molar-refractivity contribution in [2.45, 2.75) is 118 Å². The lowest BCUT2D eigenvalue weighted by Crippen LogP contribution is -2.64. The van der Waals surface area contributed by atoms with Crippen molar-refractivity contribution in [1.82, 2.24) is 0 Å². The minimum atomic E-state index is -0.720. The Bertz CT molecular complexity index is 968. The molecule has 2 N–H and O–H groups in total. The third kappa shape index (κ3) is 3.00. The zero-order valence-corrected chi connectivity index (χ0v) is 22.8. The number of hydrogen-bond acceptors (Lipinski definition) is 5. The Morgan fingerprint density at radius 1 is 0.971 bits per heavy atom. The number of cyclic esters (lactones) is 1. The van der Waals surface area contributed by atoms with Crippen molar-refractivity contribution in [1.29, 1.82) is 0 Å². The van der Waals surface area contributed by atoms with E-state index in [1.165, 1.54) is 0 Å². The molecule has 0 bridgehead atoms. The topological polar surface area (TPSA) is 83.8 Å². The molecule has 1 spiro atoms. The summed E-state index contributed by atoms with van der Waals surface area (Å²) in [5.41, 5.74) is -1.23. The Labute approximate surface area is 211 Å². The maximum atomic E-state index is 14.8. The Balaban J connectivity index is 1.45. The Morgan fingerprint density at radius 2 is 1.66 bits per heavy atom. The predicted molar refractivity (Wildman–Crippen MR) is 134 cm³/mol. The minimum Gasteiger partial charge on any atom is -0.455 e. The van der Waals surface area contributed by atoms with Crippen molar-refractivity contribution in [2.75, 3.05) is 0 Å². The van der Waals surface area contributed by atoms with E-state index in [-0.39, 0.29) is 40.3 Å². The first-order valence-electron chi connectivity index (χ1n) is 14.0. The number of ketones is 1. The summed E-state index contributed by atoms with van der Waals surface area (Å²) in [6, 6.07) is 0. The molecule has 10 unspecified atom stereocenters. The molecule has 35 heavy (non-hydrogen) atoms. The molecule has 0 aromatic carbocycles. The maximum absolute atomic E-state index is 14.8. The second kappa shape index (κ2) is 7.66. The third-order valence-electron chi connectivity index (χ3n) is 12.8. The van der Waals surface area contributed by atoms with Gasteiger partial charge in [-0.1, -0.05) is 41.5 Å². The molecule has 1 aliphatic heterocycles. The van der Waals surface area contributed by atoms with E-state index in [0.717, 1.165) is 38.5 Å². The summed E-state index contributed by atoms with van der Waals surface area (Å²) in [6.07, 6.45) is 7.20. The lowest BCUT2D eigenvalue weighted by atomic mass is 9.41. The summed E-state index contributed by atoms with van der Waals surface area (Å²) < 4.78 is 5.56. The molecule has 10 atom stereocenters. The van der Waals surface area contributed by atoms with Crippen LogP contribution in [-0.2, 0) is 14.3 Å². The van der Waals surface area contributed by atoms with Crippen molar-refractivity contribution in [3.63, 3.8) is 0 Å². The maximum Gasteiger partial charge on any atom is 0.334 e. The van der Waals surface area contributed by atoms with E-state index >= 15 is 0 Å². The van der Waals surface area contributed by atoms with E-state index in [1.54, 1.807) is 0 Å². The molecule has 1 heterocycles. The quantitative estimate of drug-likeness (QED) is 0.534. The second-order valence-electron chi connectivity index (χ2n) is 14.3. The van der Waals surface area contributed by atoms with Crippen LogP contribution in [0.4, 0.5) is 0 Å². The Morgan fingerprint density at radius 3 is 2.29 bits per heavy atom. The van der Waals surface area contributed by atoms with Gasteiger partial charge in [0, 0.05) is 11.0 Å². The van der Waals surface area contributed by atoms with E-state index in [2.05, 4.69) is 41.5 Å². The summed E-state index contributed by atoms with van der Waals surface area (Å²) in [4.78, 5) is 26.7. The van der Waals surface area contributed by atoms with E-state index in [9.17, 15) is 19.8 Å². The lowest BCUT2D eigenvalue weighted by molar-refractivity contribution is -0.186. The highest BCUT2D eigenvalue weighted by Crippen LogP contribution is 2.76. The summed E-state index contributed by atoms with van der Waals surface area (Å²) in [7, 11) is 0. The van der Waals surface area contributed by atoms with Crippen LogP contribution in [0, 0.1) is 44.8 Å². The molecule has 4 fully saturated rings. The summed E-state index contributed by atoms with van der Waals surface area (Å²) in [5.74, 6) is 0.936. The average molecular weight is 487 g/mol. The molecular weight excluding hydrogens is 440 g/mol. The number of hydrogen-bond donors (Lipinski definition) is 2. The molecule has 0 radical (unpaired) electrons. The van der Waals surface area contributed by atoms with Crippen LogP contribution in [-0.4, -0.2) is 40.3 Å². The number of aliphatic hydroxyl groups is 2. The zero-order valence-electron chi connectivity index (χ0n) is 22.8. The highest BCUT2D eigenvalue weighted by Gasteiger charge is 2.76. The molecule has 0 saturated heterocycles. The van der Waals surface area contributed by atoms with Crippen molar-refractivity contribution in [3.05, 3.63) is 11.6 Å². The number of rotatable bonds is 3. The lowest BCUT2D eigenvalue weighted by Gasteiger charge is -2.62. The van der Waals surface area contributed by atoms with Gasteiger partial charge in [0.2, 0.25) is 0 Å². The van der Waals surface area contributed by atoms with Crippen LogP contribution in [0.3, 0.4) is 0 Å². The van der Waals surface area contributed by atoms with Crippen molar-refractivity contribution in [3.8, 4) is 0 Å². The molecule has 0 aromatic heterocycles. The van der Waals surface area contributed by atoms with E-state index in [1.807, 2.05) is 13.0 Å². The molecule has 5 rings (SSSR count). The smallest absolute Gasteiger partial charge is 0.334 e. The number of Topliss-reactive ketones (excluding diaryl/α,β-unsaturated/α-hetero) is 1. The molecule has 4 saturated carbocycles. The van der Waals surface area contributed by atoms with Crippen LogP contribution in [0.2, 0.25) is 0 Å². The highest BCUT2D eigenvalue weighted by atomic mass is 16.5. The molecule has 196 valence electrons. The first kappa shape index (κ1) is 25.4. The number of carbonyl (C=O) groups is 2. The van der Waals surface area contributed by atoms with Gasteiger partial charge < -0.3 is 14.9 Å². The van der Waals surface area contributed by atoms with Gasteiger partial charge in [-0.15, -0.1) is 0 Å². The van der Waals surface area contributed by atoms with Gasteiger partial charge in [-0.05, 0) is 98.4 Å². The zero-order chi connectivity index (χ0) is 25.8. The summed E-state index contributed by atoms with van der Waals surface area (Å²) in [5, 5.41) is 22.5. The van der Waals surface area contributed by atoms with Gasteiger partial charge in [0.15, 0.2) is 0 Å². The normalized spacial score (nSPS) is 51.7. The van der Waals surface area contributed by atoms with E-state index in [4.69, 9.17) is 4.74 Å². The SMILES string of the molecule is CC1=CC(CC(C)C2CCC3(C)C(=O)C4(CCC23C)C(O)CC2C(C)(C)C(O)CCC24C)OC1=O. The Hall–Kier alpha value is -1.20. The molecule has 5 nitrogen and oxygen atoms in total. The fraction of sp³-hybridized carbons (Fsp3) is 0.867. The average Bonchev–Trinajstić information content (AvgIpc) is 3.33. The van der Waals surface area contributed by atoms with Crippen LogP contribution in [0.15, 0.2) is 11.6 Å². The van der Waals surface area contributed by atoms with Gasteiger partial charge in [0.1, 0.15) is 11.9 Å². The highest BCUT2D eigenvalue weighted by molar-refractivity contribution is 5.94. The van der Waals surface area contributed by atoms with E-state index in [0.29, 0.717) is 36.0 Å². The van der Waals surface area contributed by atoms with Gasteiger partial charge in [-0.2, -0.15) is 0 Å². The molecule has 0 aromatic rings. The number of esters is 1. The van der Waals surface area contributed by atoms with Gasteiger partial charge in [0.05, 0.1) is 17.6 Å². The monoisotopic (exact) mass is 486 g/mol. The third-order valence-corrected chi connectivity index (χ3v) is 12.8. The van der Waals surface area contributed by atoms with Crippen LogP contribution in [0.5, 0.6) is 0 Å². The van der Waals surface area contributed by atoms with Crippen LogP contribution in [0.1, 0.15) is 99.8 Å². The summed E-state index contributed by atoms with van der Waals surface area (Å²) >= 11 is 0. The van der Waals surface area contributed by atoms with Crippen LogP contribution < -0.4 is 0 Å². The van der Waals surface area contributed by atoms with Crippen LogP contribution in [0.25, 0.3) is 0 Å². The van der Waals surface area contributed by atoms with Crippen LogP contribution >= 0.6 is 0 Å². The minimum absolute atomic E-state index is 0.131. The van der Waals surface area contributed by atoms with Gasteiger partial charge in [0.25, 0.3) is 0 Å². The van der Waals surface area contributed by atoms with Crippen molar-refractivity contribution < 1.29 is 24.5 Å². The number of ether oxygens (including phenoxy) is 1. The van der Waals surface area contributed by atoms with E-state index < -0.39 is 16.9 Å². The van der Waals surface area contributed by atoms with Gasteiger partial charge in [-0.3, -0.25) is 4.79 Å². The number of fused-ring (bicyclic) bond motifs is 3. The molecular formula is C30H46O5. The van der Waals surface area contributed by atoms with Gasteiger partial charge >= 0.3 is 5.97 Å². The predicted octanol–water partition coefficient (Wildman–Crippen LogP) is 5.22. The van der Waals surface area contributed by atoms with Crippen molar-refractivity contribution in [2.24, 2.45) is 44.8 Å². The summed E-state index contributed by atoms with van der Waals surface area (Å²) in [6.45, 7) is 15.1. The standard InChI is InChI=1S/C30H46O5/c1-17(14-19-15-18(2)24(33)35-19)20-8-10-29(7)25(34)30(13-12-27(20,29)5)23(32)16-21-26(3,4)22(31)9-11-28(21,30)6/h15,17,19-23,31-32H,8-14,16H2,1-7H3. The molecule has 5 heteroatoms. The van der Waals surface area contributed by atoms with Gasteiger partial charge in [-0.25, -0.2) is 4.79 Å². The first-order valence-corrected chi connectivity index (χ1v) is 14.0. The second-order valence-corrected chi connectivity index (χ2v) is 14.3. The first-order chi connectivity index (χ1) is 16.1. The fourth-order valence-electron chi connectivity index (χ4n) is 10.3. The molecule has 4 aliphatic carbocycles. The number of aliphatic hydroxyl groups excluding tert-OH is 2. The molecule has 0 amide bonds.